The molecule has 0 unspecified atom stereocenters. The molecule has 0 atom stereocenters. The summed E-state index contributed by atoms with van der Waals surface area (Å²) in [6, 6.07) is 19.0. The lowest BCUT2D eigenvalue weighted by molar-refractivity contribution is -0.384. The second-order valence-electron chi connectivity index (χ2n) is 6.41. The Morgan fingerprint density at radius 3 is 2.50 bits per heavy atom. The molecular formula is C22H13ClIN3O3. The highest BCUT2D eigenvalue weighted by atomic mass is 127. The summed E-state index contributed by atoms with van der Waals surface area (Å²) in [6.45, 7) is 0. The second-order valence-corrected chi connectivity index (χ2v) is 8.06. The van der Waals surface area contributed by atoms with E-state index in [2.05, 4.69) is 27.6 Å². The van der Waals surface area contributed by atoms with Gasteiger partial charge in [-0.05, 0) is 58.5 Å². The van der Waals surface area contributed by atoms with Crippen LogP contribution in [0.4, 0.5) is 5.69 Å². The number of aromatic nitrogens is 2. The molecule has 4 aromatic rings. The standard InChI is InChI=1S/C22H13ClIN3O3/c23-18-13-16(27(29)30)8-10-20(18)26-21(11-6-14-4-2-1-3-5-14)25-19-9-7-15(24)12-17(19)22(26)28/h1-13H/b11-6+. The van der Waals surface area contributed by atoms with Crippen molar-refractivity contribution < 1.29 is 4.92 Å². The van der Waals surface area contributed by atoms with Crippen molar-refractivity contribution in [2.24, 2.45) is 0 Å². The van der Waals surface area contributed by atoms with Crippen LogP contribution in [-0.2, 0) is 0 Å². The maximum atomic E-state index is 13.4. The van der Waals surface area contributed by atoms with Crippen molar-refractivity contribution in [1.29, 1.82) is 0 Å². The zero-order chi connectivity index (χ0) is 21.3. The Bertz CT molecular complexity index is 1370. The molecule has 8 heteroatoms. The fourth-order valence-electron chi connectivity index (χ4n) is 3.05. The monoisotopic (exact) mass is 529 g/mol. The van der Waals surface area contributed by atoms with E-state index in [0.717, 1.165) is 9.13 Å². The summed E-state index contributed by atoms with van der Waals surface area (Å²) >= 11 is 8.47. The molecular weight excluding hydrogens is 517 g/mol. The van der Waals surface area contributed by atoms with E-state index in [-0.39, 0.29) is 16.3 Å². The normalized spacial score (nSPS) is 11.3. The molecule has 4 rings (SSSR count). The summed E-state index contributed by atoms with van der Waals surface area (Å²) in [5, 5.41) is 11.6. The number of rotatable bonds is 4. The Hall–Kier alpha value is -3.04. The van der Waals surface area contributed by atoms with Gasteiger partial charge in [0.05, 0.1) is 26.5 Å². The Morgan fingerprint density at radius 2 is 1.80 bits per heavy atom. The Balaban J connectivity index is 1.98. The SMILES string of the molecule is O=c1c2cc(I)ccc2nc(/C=C/c2ccccc2)n1-c1ccc([N+](=O)[O-])cc1Cl. The molecule has 0 aliphatic rings. The molecule has 0 N–H and O–H groups in total. The molecule has 0 saturated carbocycles. The van der Waals surface area contributed by atoms with E-state index >= 15 is 0 Å². The molecule has 0 saturated heterocycles. The van der Waals surface area contributed by atoms with Gasteiger partial charge < -0.3 is 0 Å². The maximum absolute atomic E-state index is 13.4. The predicted molar refractivity (Wildman–Crippen MR) is 127 cm³/mol. The molecule has 1 heterocycles. The highest BCUT2D eigenvalue weighted by Gasteiger charge is 2.16. The van der Waals surface area contributed by atoms with Gasteiger partial charge in [-0.15, -0.1) is 0 Å². The third-order valence-corrected chi connectivity index (χ3v) is 5.44. The van der Waals surface area contributed by atoms with Gasteiger partial charge in [0, 0.05) is 15.7 Å². The molecule has 0 aliphatic carbocycles. The first-order valence-electron chi connectivity index (χ1n) is 8.84. The zero-order valence-electron chi connectivity index (χ0n) is 15.3. The average molecular weight is 530 g/mol. The number of fused-ring (bicyclic) bond motifs is 1. The van der Waals surface area contributed by atoms with Crippen LogP contribution < -0.4 is 5.56 Å². The molecule has 0 aliphatic heterocycles. The van der Waals surface area contributed by atoms with Crippen molar-refractivity contribution in [1.82, 2.24) is 9.55 Å². The van der Waals surface area contributed by atoms with Gasteiger partial charge in [0.2, 0.25) is 0 Å². The number of non-ortho nitro benzene ring substituents is 1. The van der Waals surface area contributed by atoms with Crippen LogP contribution in [0.15, 0.2) is 71.5 Å². The molecule has 0 amide bonds. The van der Waals surface area contributed by atoms with Crippen molar-refractivity contribution in [3.05, 3.63) is 107 Å². The van der Waals surface area contributed by atoms with E-state index in [1.165, 1.54) is 22.8 Å². The van der Waals surface area contributed by atoms with Crippen molar-refractivity contribution in [3.8, 4) is 5.69 Å². The lowest BCUT2D eigenvalue weighted by Gasteiger charge is -2.13. The smallest absolute Gasteiger partial charge is 0.268 e. The van der Waals surface area contributed by atoms with Crippen LogP contribution in [0.5, 0.6) is 0 Å². The van der Waals surface area contributed by atoms with Crippen molar-refractivity contribution >= 4 is 62.9 Å². The van der Waals surface area contributed by atoms with E-state index in [4.69, 9.17) is 11.6 Å². The number of benzene rings is 3. The van der Waals surface area contributed by atoms with Crippen LogP contribution in [-0.4, -0.2) is 14.5 Å². The number of nitro groups is 1. The lowest BCUT2D eigenvalue weighted by Crippen LogP contribution is -2.22. The van der Waals surface area contributed by atoms with Gasteiger partial charge in [0.25, 0.3) is 11.2 Å². The summed E-state index contributed by atoms with van der Waals surface area (Å²) in [5.41, 5.74) is 1.37. The van der Waals surface area contributed by atoms with Crippen LogP contribution >= 0.6 is 34.2 Å². The van der Waals surface area contributed by atoms with E-state index in [9.17, 15) is 14.9 Å². The van der Waals surface area contributed by atoms with Crippen LogP contribution in [0.3, 0.4) is 0 Å². The molecule has 0 bridgehead atoms. The summed E-state index contributed by atoms with van der Waals surface area (Å²) in [7, 11) is 0. The summed E-state index contributed by atoms with van der Waals surface area (Å²) < 4.78 is 2.28. The number of hydrogen-bond acceptors (Lipinski definition) is 4. The fourth-order valence-corrected chi connectivity index (χ4v) is 3.80. The molecule has 3 aromatic carbocycles. The number of hydrogen-bond donors (Lipinski definition) is 0. The van der Waals surface area contributed by atoms with E-state index in [1.807, 2.05) is 42.5 Å². The summed E-state index contributed by atoms with van der Waals surface area (Å²) in [6.07, 6.45) is 3.57. The summed E-state index contributed by atoms with van der Waals surface area (Å²) in [4.78, 5) is 28.6. The van der Waals surface area contributed by atoms with E-state index in [0.29, 0.717) is 22.4 Å². The molecule has 1 aromatic heterocycles. The Morgan fingerprint density at radius 1 is 1.03 bits per heavy atom. The minimum Gasteiger partial charge on any atom is -0.268 e. The van der Waals surface area contributed by atoms with Gasteiger partial charge in [-0.3, -0.25) is 19.5 Å². The quantitative estimate of drug-likeness (QED) is 0.192. The van der Waals surface area contributed by atoms with Crippen molar-refractivity contribution in [2.75, 3.05) is 0 Å². The number of nitrogens with zero attached hydrogens (tertiary/aromatic N) is 3. The molecule has 148 valence electrons. The van der Waals surface area contributed by atoms with Gasteiger partial charge in [-0.2, -0.15) is 0 Å². The minimum absolute atomic E-state index is 0.0902. The first-order chi connectivity index (χ1) is 14.4. The van der Waals surface area contributed by atoms with Crippen molar-refractivity contribution in [3.63, 3.8) is 0 Å². The van der Waals surface area contributed by atoms with Gasteiger partial charge in [-0.25, -0.2) is 4.98 Å². The zero-order valence-corrected chi connectivity index (χ0v) is 18.2. The second kappa shape index (κ2) is 8.37. The number of halogens is 2. The van der Waals surface area contributed by atoms with E-state index in [1.54, 1.807) is 18.2 Å². The van der Waals surface area contributed by atoms with E-state index < -0.39 is 4.92 Å². The van der Waals surface area contributed by atoms with Gasteiger partial charge in [0.1, 0.15) is 5.82 Å². The highest BCUT2D eigenvalue weighted by Crippen LogP contribution is 2.27. The lowest BCUT2D eigenvalue weighted by atomic mass is 10.2. The molecule has 6 nitrogen and oxygen atoms in total. The van der Waals surface area contributed by atoms with Crippen LogP contribution in [0.1, 0.15) is 11.4 Å². The molecule has 0 fully saturated rings. The van der Waals surface area contributed by atoms with Crippen LogP contribution in [0.2, 0.25) is 5.02 Å². The molecule has 0 spiro atoms. The highest BCUT2D eigenvalue weighted by molar-refractivity contribution is 14.1. The molecule has 30 heavy (non-hydrogen) atoms. The third kappa shape index (κ3) is 3.99. The van der Waals surface area contributed by atoms with Gasteiger partial charge in [0.15, 0.2) is 0 Å². The summed E-state index contributed by atoms with van der Waals surface area (Å²) in [5.74, 6) is 0.369. The Kier molecular flexibility index (Phi) is 5.65. The largest absolute Gasteiger partial charge is 0.271 e. The number of nitro benzene ring substituents is 1. The first-order valence-corrected chi connectivity index (χ1v) is 10.3. The maximum Gasteiger partial charge on any atom is 0.271 e. The fraction of sp³-hybridized carbons (Fsp3) is 0. The minimum atomic E-state index is -0.532. The van der Waals surface area contributed by atoms with Gasteiger partial charge >= 0.3 is 0 Å². The predicted octanol–water partition coefficient (Wildman–Crippen LogP) is 5.72. The topological polar surface area (TPSA) is 78.0 Å². The van der Waals surface area contributed by atoms with Gasteiger partial charge in [-0.1, -0.05) is 48.0 Å². The van der Waals surface area contributed by atoms with Crippen LogP contribution in [0.25, 0.3) is 28.7 Å². The van der Waals surface area contributed by atoms with Crippen LogP contribution in [0, 0.1) is 13.7 Å². The van der Waals surface area contributed by atoms with Crippen molar-refractivity contribution in [2.45, 2.75) is 0 Å². The average Bonchev–Trinajstić information content (AvgIpc) is 2.74. The molecule has 0 radical (unpaired) electrons. The Labute approximate surface area is 189 Å². The first kappa shape index (κ1) is 20.2. The third-order valence-electron chi connectivity index (χ3n) is 4.46.